The van der Waals surface area contributed by atoms with E-state index in [1.54, 1.807) is 23.1 Å². The number of hydrogen-bond acceptors (Lipinski definition) is 3. The van der Waals surface area contributed by atoms with E-state index in [0.717, 1.165) is 11.3 Å². The molecular weight excluding hydrogens is 477 g/mol. The molecular formula is C33H26FNO3. The Kier molecular flexibility index (Phi) is 6.34. The van der Waals surface area contributed by atoms with Gasteiger partial charge in [-0.15, -0.1) is 0 Å². The van der Waals surface area contributed by atoms with Gasteiger partial charge in [0.25, 0.3) is 0 Å². The third-order valence-corrected chi connectivity index (χ3v) is 7.35. The minimum Gasteiger partial charge on any atom is -0.457 e. The second kappa shape index (κ2) is 10.1. The highest BCUT2D eigenvalue weighted by molar-refractivity contribution is 6.08. The average Bonchev–Trinajstić information content (AvgIpc) is 2.94. The summed E-state index contributed by atoms with van der Waals surface area (Å²) in [6.07, 6.45) is 0.882. The summed E-state index contributed by atoms with van der Waals surface area (Å²) in [7, 11) is 0. The monoisotopic (exact) mass is 503 g/mol. The molecule has 0 bridgehead atoms. The second-order valence-electron chi connectivity index (χ2n) is 9.72. The van der Waals surface area contributed by atoms with Crippen LogP contribution in [0.15, 0.2) is 120 Å². The van der Waals surface area contributed by atoms with Crippen LogP contribution in [0.3, 0.4) is 0 Å². The van der Waals surface area contributed by atoms with E-state index in [9.17, 15) is 14.0 Å². The highest BCUT2D eigenvalue weighted by Crippen LogP contribution is 2.47. The maximum Gasteiger partial charge on any atom is 0.232 e. The van der Waals surface area contributed by atoms with Crippen molar-refractivity contribution in [1.82, 2.24) is 0 Å². The van der Waals surface area contributed by atoms with Crippen molar-refractivity contribution in [3.63, 3.8) is 0 Å². The zero-order valence-corrected chi connectivity index (χ0v) is 20.7. The summed E-state index contributed by atoms with van der Waals surface area (Å²) in [5.74, 6) is 0.120. The second-order valence-corrected chi connectivity index (χ2v) is 9.72. The minimum absolute atomic E-state index is 0.0315. The fourth-order valence-corrected chi connectivity index (χ4v) is 5.61. The number of nitrogens with zero attached hydrogens (tertiary/aromatic N) is 1. The van der Waals surface area contributed by atoms with Crippen LogP contribution in [0.25, 0.3) is 0 Å². The summed E-state index contributed by atoms with van der Waals surface area (Å²) in [5.41, 5.74) is 3.32. The standard InChI is InChI=1S/C33H26FNO3/c34-29-14-8-7-13-27(29)28-21-32(37)35(24-15-17-26(18-16-24)38-25-11-5-2-6-12-25)30-19-23(20-31(36)33(28)30)22-9-3-1-4-10-22/h1-18,23,28H,19-21H2. The summed E-state index contributed by atoms with van der Waals surface area (Å²) >= 11 is 0. The Morgan fingerprint density at radius 3 is 2.03 bits per heavy atom. The molecule has 0 spiro atoms. The van der Waals surface area contributed by atoms with Gasteiger partial charge in [0.2, 0.25) is 5.91 Å². The minimum atomic E-state index is -0.597. The van der Waals surface area contributed by atoms with Crippen LogP contribution < -0.4 is 9.64 Å². The first kappa shape index (κ1) is 23.9. The van der Waals surface area contributed by atoms with Gasteiger partial charge in [0.1, 0.15) is 17.3 Å². The zero-order chi connectivity index (χ0) is 26.1. The number of benzene rings is 4. The summed E-state index contributed by atoms with van der Waals surface area (Å²) in [4.78, 5) is 29.1. The van der Waals surface area contributed by atoms with Crippen molar-refractivity contribution in [2.75, 3.05) is 4.90 Å². The number of anilines is 1. The van der Waals surface area contributed by atoms with E-state index in [1.165, 1.54) is 6.07 Å². The molecule has 2 atom stereocenters. The SMILES string of the molecule is O=C1CC(c2ccccc2)CC2=C1C(c1ccccc1F)CC(=O)N2c1ccc(Oc2ccccc2)cc1. The third-order valence-electron chi connectivity index (χ3n) is 7.35. The predicted octanol–water partition coefficient (Wildman–Crippen LogP) is 7.54. The lowest BCUT2D eigenvalue weighted by molar-refractivity contribution is -0.120. The van der Waals surface area contributed by atoms with Gasteiger partial charge in [-0.1, -0.05) is 66.7 Å². The molecule has 5 heteroatoms. The molecule has 4 aromatic rings. The normalized spacial score (nSPS) is 19.3. The van der Waals surface area contributed by atoms with Crippen LogP contribution in [0.2, 0.25) is 0 Å². The maximum atomic E-state index is 14.9. The van der Waals surface area contributed by atoms with Gasteiger partial charge in [-0.25, -0.2) is 4.39 Å². The Morgan fingerprint density at radius 2 is 1.32 bits per heavy atom. The van der Waals surface area contributed by atoms with Gasteiger partial charge in [0.15, 0.2) is 5.78 Å². The van der Waals surface area contributed by atoms with Crippen molar-refractivity contribution in [1.29, 1.82) is 0 Å². The third kappa shape index (κ3) is 4.52. The van der Waals surface area contributed by atoms with E-state index in [-0.39, 0.29) is 24.0 Å². The molecule has 38 heavy (non-hydrogen) atoms. The van der Waals surface area contributed by atoms with Crippen LogP contribution in [-0.4, -0.2) is 11.7 Å². The molecule has 4 aromatic carbocycles. The van der Waals surface area contributed by atoms with Crippen molar-refractivity contribution in [2.45, 2.75) is 31.1 Å². The number of hydrogen-bond donors (Lipinski definition) is 0. The number of allylic oxidation sites excluding steroid dienone is 2. The highest BCUT2D eigenvalue weighted by atomic mass is 19.1. The van der Waals surface area contributed by atoms with Crippen LogP contribution in [0.1, 0.15) is 42.2 Å². The molecule has 4 nitrogen and oxygen atoms in total. The van der Waals surface area contributed by atoms with Crippen molar-refractivity contribution < 1.29 is 18.7 Å². The highest BCUT2D eigenvalue weighted by Gasteiger charge is 2.43. The van der Waals surface area contributed by atoms with Crippen molar-refractivity contribution >= 4 is 17.4 Å². The lowest BCUT2D eigenvalue weighted by Crippen LogP contribution is -2.42. The first-order chi connectivity index (χ1) is 18.6. The Hall–Kier alpha value is -4.51. The first-order valence-electron chi connectivity index (χ1n) is 12.8. The molecule has 2 unspecified atom stereocenters. The van der Waals surface area contributed by atoms with E-state index in [0.29, 0.717) is 41.1 Å². The molecule has 1 aliphatic carbocycles. The van der Waals surface area contributed by atoms with E-state index >= 15 is 0 Å². The number of amides is 1. The van der Waals surface area contributed by atoms with Crippen LogP contribution in [0.4, 0.5) is 10.1 Å². The summed E-state index contributed by atoms with van der Waals surface area (Å²) in [6, 6.07) is 33.1. The summed E-state index contributed by atoms with van der Waals surface area (Å²) in [5, 5.41) is 0. The number of halogens is 1. The molecule has 1 heterocycles. The van der Waals surface area contributed by atoms with E-state index in [2.05, 4.69) is 0 Å². The van der Waals surface area contributed by atoms with Gasteiger partial charge in [0, 0.05) is 35.7 Å². The molecule has 1 amide bonds. The number of carbonyl (C=O) groups is 2. The van der Waals surface area contributed by atoms with Gasteiger partial charge in [0.05, 0.1) is 0 Å². The lowest BCUT2D eigenvalue weighted by atomic mass is 9.72. The lowest BCUT2D eigenvalue weighted by Gasteiger charge is -2.40. The van der Waals surface area contributed by atoms with Gasteiger partial charge in [-0.05, 0) is 65.9 Å². The van der Waals surface area contributed by atoms with Crippen LogP contribution in [0, 0.1) is 5.82 Å². The predicted molar refractivity (Wildman–Crippen MR) is 145 cm³/mol. The summed E-state index contributed by atoms with van der Waals surface area (Å²) < 4.78 is 20.8. The number of Topliss-reactive ketones (excluding diaryl/α,β-unsaturated/α-hetero) is 1. The maximum absolute atomic E-state index is 14.9. The van der Waals surface area contributed by atoms with Crippen LogP contribution in [0.5, 0.6) is 11.5 Å². The number of ether oxygens (including phenoxy) is 1. The fourth-order valence-electron chi connectivity index (χ4n) is 5.61. The smallest absolute Gasteiger partial charge is 0.232 e. The molecule has 2 aliphatic rings. The Bertz CT molecular complexity index is 1510. The molecule has 0 fully saturated rings. The van der Waals surface area contributed by atoms with Gasteiger partial charge >= 0.3 is 0 Å². The largest absolute Gasteiger partial charge is 0.457 e. The van der Waals surface area contributed by atoms with Crippen molar-refractivity contribution in [3.05, 3.63) is 137 Å². The van der Waals surface area contributed by atoms with Gasteiger partial charge in [-0.3, -0.25) is 14.5 Å². The van der Waals surface area contributed by atoms with E-state index in [4.69, 9.17) is 4.74 Å². The molecule has 0 saturated carbocycles. The van der Waals surface area contributed by atoms with E-state index in [1.807, 2.05) is 84.9 Å². The topological polar surface area (TPSA) is 46.6 Å². The number of carbonyl (C=O) groups excluding carboxylic acids is 2. The fraction of sp³-hybridized carbons (Fsp3) is 0.152. The van der Waals surface area contributed by atoms with Crippen molar-refractivity contribution in [2.24, 2.45) is 0 Å². The average molecular weight is 504 g/mol. The Morgan fingerprint density at radius 1 is 0.684 bits per heavy atom. The Balaban J connectivity index is 1.41. The quantitative estimate of drug-likeness (QED) is 0.283. The number of ketones is 1. The molecule has 0 aromatic heterocycles. The molecule has 0 radical (unpaired) electrons. The van der Waals surface area contributed by atoms with Crippen LogP contribution in [-0.2, 0) is 9.59 Å². The van der Waals surface area contributed by atoms with Gasteiger partial charge in [-0.2, -0.15) is 0 Å². The molecule has 0 N–H and O–H groups in total. The van der Waals surface area contributed by atoms with E-state index < -0.39 is 11.7 Å². The number of para-hydroxylation sites is 1. The zero-order valence-electron chi connectivity index (χ0n) is 20.7. The molecule has 6 rings (SSSR count). The molecule has 188 valence electrons. The number of rotatable bonds is 5. The first-order valence-corrected chi connectivity index (χ1v) is 12.8. The van der Waals surface area contributed by atoms with Crippen molar-refractivity contribution in [3.8, 4) is 11.5 Å². The Labute approximate surface area is 221 Å². The van der Waals surface area contributed by atoms with Crippen LogP contribution >= 0.6 is 0 Å². The molecule has 0 saturated heterocycles. The molecule has 1 aliphatic heterocycles. The van der Waals surface area contributed by atoms with Gasteiger partial charge < -0.3 is 4.74 Å². The summed E-state index contributed by atoms with van der Waals surface area (Å²) in [6.45, 7) is 0.